The number of nitrogens with zero attached hydrogens (tertiary/aromatic N) is 1. The van der Waals surface area contributed by atoms with Crippen LogP contribution in [-0.2, 0) is 9.84 Å². The van der Waals surface area contributed by atoms with Crippen LogP contribution < -0.4 is 5.32 Å². The van der Waals surface area contributed by atoms with Crippen molar-refractivity contribution in [2.45, 2.75) is 32.0 Å². The van der Waals surface area contributed by atoms with Crippen molar-refractivity contribution in [3.63, 3.8) is 0 Å². The molecule has 1 aromatic rings. The average Bonchev–Trinajstić information content (AvgIpc) is 2.76. The highest BCUT2D eigenvalue weighted by molar-refractivity contribution is 7.91. The second-order valence-corrected chi connectivity index (χ2v) is 7.96. The number of nitrogens with one attached hydrogen (secondary N) is 1. The molecule has 6 heteroatoms. The van der Waals surface area contributed by atoms with E-state index in [-0.39, 0.29) is 23.6 Å². The lowest BCUT2D eigenvalue weighted by Crippen LogP contribution is -2.44. The zero-order chi connectivity index (χ0) is 16.2. The highest BCUT2D eigenvalue weighted by atomic mass is 32.2. The van der Waals surface area contributed by atoms with Crippen molar-refractivity contribution in [2.24, 2.45) is 0 Å². The van der Waals surface area contributed by atoms with Crippen LogP contribution in [0.1, 0.15) is 25.5 Å². The number of sulfone groups is 1. The highest BCUT2D eigenvalue weighted by Gasteiger charge is 2.36. The first-order chi connectivity index (χ1) is 10.5. The van der Waals surface area contributed by atoms with E-state index in [1.165, 1.54) is 5.56 Å². The summed E-state index contributed by atoms with van der Waals surface area (Å²) >= 11 is 0. The van der Waals surface area contributed by atoms with Crippen LogP contribution in [0, 0.1) is 0 Å². The normalized spacial score (nSPS) is 25.5. The predicted molar refractivity (Wildman–Crippen MR) is 88.6 cm³/mol. The summed E-state index contributed by atoms with van der Waals surface area (Å²) in [5, 5.41) is 13.2. The zero-order valence-electron chi connectivity index (χ0n) is 13.3. The van der Waals surface area contributed by atoms with Crippen molar-refractivity contribution >= 4 is 9.84 Å². The van der Waals surface area contributed by atoms with Crippen molar-refractivity contribution in [1.82, 2.24) is 10.2 Å². The predicted octanol–water partition coefficient (Wildman–Crippen LogP) is 0.817. The Kier molecular flexibility index (Phi) is 5.97. The van der Waals surface area contributed by atoms with E-state index in [1.807, 2.05) is 18.2 Å². The van der Waals surface area contributed by atoms with Crippen LogP contribution in [0.15, 0.2) is 30.3 Å². The number of rotatable bonds is 7. The molecule has 1 aliphatic heterocycles. The van der Waals surface area contributed by atoms with Gasteiger partial charge in [-0.1, -0.05) is 44.2 Å². The first kappa shape index (κ1) is 17.4. The third kappa shape index (κ3) is 4.29. The quantitative estimate of drug-likeness (QED) is 0.776. The van der Waals surface area contributed by atoms with E-state index < -0.39 is 15.9 Å². The Hall–Kier alpha value is -0.950. The van der Waals surface area contributed by atoms with Gasteiger partial charge < -0.3 is 10.4 Å². The van der Waals surface area contributed by atoms with Crippen molar-refractivity contribution in [3.05, 3.63) is 35.9 Å². The summed E-state index contributed by atoms with van der Waals surface area (Å²) in [6, 6.07) is 10.0. The van der Waals surface area contributed by atoms with Gasteiger partial charge in [0, 0.05) is 18.6 Å². The van der Waals surface area contributed by atoms with E-state index in [1.54, 1.807) is 0 Å². The average molecular weight is 326 g/mol. The Morgan fingerprint density at radius 2 is 1.86 bits per heavy atom. The Labute approximate surface area is 133 Å². The number of likely N-dealkylation sites (N-methyl/N-ethyl adjacent to an activating group) is 1. The fraction of sp³-hybridized carbons (Fsp3) is 0.625. The lowest BCUT2D eigenvalue weighted by Gasteiger charge is -2.31. The molecule has 0 bridgehead atoms. The Balaban J connectivity index is 2.07. The summed E-state index contributed by atoms with van der Waals surface area (Å²) in [6.45, 7) is 6.71. The van der Waals surface area contributed by atoms with Crippen LogP contribution >= 0.6 is 0 Å². The number of aliphatic hydroxyl groups excluding tert-OH is 1. The van der Waals surface area contributed by atoms with Gasteiger partial charge in [0.05, 0.1) is 17.6 Å². The van der Waals surface area contributed by atoms with E-state index in [9.17, 15) is 13.5 Å². The maximum atomic E-state index is 11.6. The minimum absolute atomic E-state index is 0.0218. The van der Waals surface area contributed by atoms with Gasteiger partial charge in [-0.15, -0.1) is 0 Å². The van der Waals surface area contributed by atoms with Gasteiger partial charge in [0.25, 0.3) is 0 Å². The van der Waals surface area contributed by atoms with Crippen LogP contribution in [0.2, 0.25) is 0 Å². The van der Waals surface area contributed by atoms with Crippen LogP contribution in [-0.4, -0.2) is 61.7 Å². The van der Waals surface area contributed by atoms with E-state index in [0.29, 0.717) is 6.54 Å². The number of aliphatic hydroxyl groups is 1. The van der Waals surface area contributed by atoms with Gasteiger partial charge in [0.1, 0.15) is 0 Å². The second kappa shape index (κ2) is 7.55. The number of hydrogen-bond donors (Lipinski definition) is 2. The summed E-state index contributed by atoms with van der Waals surface area (Å²) in [4.78, 5) is 2.33. The maximum absolute atomic E-state index is 11.6. The van der Waals surface area contributed by atoms with Gasteiger partial charge in [-0.25, -0.2) is 8.42 Å². The van der Waals surface area contributed by atoms with Gasteiger partial charge in [-0.3, -0.25) is 4.90 Å². The molecule has 2 rings (SSSR count). The first-order valence-corrected chi connectivity index (χ1v) is 9.69. The van der Waals surface area contributed by atoms with Gasteiger partial charge in [-0.2, -0.15) is 0 Å². The molecule has 124 valence electrons. The second-order valence-electron chi connectivity index (χ2n) is 5.81. The summed E-state index contributed by atoms with van der Waals surface area (Å²) < 4.78 is 23.2. The molecular formula is C16H26N2O3S. The lowest BCUT2D eigenvalue weighted by atomic mass is 10.0. The van der Waals surface area contributed by atoms with Crippen LogP contribution in [0.3, 0.4) is 0 Å². The SMILES string of the molecule is CCN(CC)[C@H](CN[C@@H]1CS(=O)(=O)C[C@H]1O)c1ccccc1. The van der Waals surface area contributed by atoms with Gasteiger partial charge in [0.2, 0.25) is 0 Å². The molecule has 1 heterocycles. The summed E-state index contributed by atoms with van der Waals surface area (Å²) in [5.74, 6) is -0.111. The van der Waals surface area contributed by atoms with E-state index >= 15 is 0 Å². The molecule has 3 atom stereocenters. The molecule has 0 unspecified atom stereocenters. The summed E-state index contributed by atoms with van der Waals surface area (Å²) in [5.41, 5.74) is 1.20. The smallest absolute Gasteiger partial charge is 0.154 e. The van der Waals surface area contributed by atoms with Crippen LogP contribution in [0.4, 0.5) is 0 Å². The van der Waals surface area contributed by atoms with E-state index in [2.05, 4.69) is 36.2 Å². The minimum Gasteiger partial charge on any atom is -0.390 e. The molecule has 22 heavy (non-hydrogen) atoms. The molecule has 5 nitrogen and oxygen atoms in total. The van der Waals surface area contributed by atoms with E-state index in [4.69, 9.17) is 0 Å². The Morgan fingerprint density at radius 3 is 2.36 bits per heavy atom. The lowest BCUT2D eigenvalue weighted by molar-refractivity contribution is 0.151. The summed E-state index contributed by atoms with van der Waals surface area (Å²) in [6.07, 6.45) is -0.807. The largest absolute Gasteiger partial charge is 0.390 e. The Morgan fingerprint density at radius 1 is 1.23 bits per heavy atom. The molecule has 1 fully saturated rings. The minimum atomic E-state index is -3.11. The van der Waals surface area contributed by atoms with Gasteiger partial charge >= 0.3 is 0 Å². The molecule has 1 saturated heterocycles. The van der Waals surface area contributed by atoms with Gasteiger partial charge in [0.15, 0.2) is 9.84 Å². The highest BCUT2D eigenvalue weighted by Crippen LogP contribution is 2.21. The van der Waals surface area contributed by atoms with Crippen molar-refractivity contribution in [3.8, 4) is 0 Å². The molecule has 0 aromatic heterocycles. The molecule has 0 spiro atoms. The fourth-order valence-electron chi connectivity index (χ4n) is 3.08. The van der Waals surface area contributed by atoms with Crippen molar-refractivity contribution < 1.29 is 13.5 Å². The van der Waals surface area contributed by atoms with Gasteiger partial charge in [-0.05, 0) is 18.7 Å². The monoisotopic (exact) mass is 326 g/mol. The van der Waals surface area contributed by atoms with E-state index in [0.717, 1.165) is 13.1 Å². The van der Waals surface area contributed by atoms with Crippen LogP contribution in [0.5, 0.6) is 0 Å². The summed E-state index contributed by atoms with van der Waals surface area (Å²) in [7, 11) is -3.11. The third-order valence-corrected chi connectivity index (χ3v) is 6.05. The molecule has 0 amide bonds. The number of hydrogen-bond acceptors (Lipinski definition) is 5. The zero-order valence-corrected chi connectivity index (χ0v) is 14.1. The molecular weight excluding hydrogens is 300 g/mol. The standard InChI is InChI=1S/C16H26N2O3S/c1-3-18(4-2)15(13-8-6-5-7-9-13)10-17-14-11-22(20,21)12-16(14)19/h5-9,14-17,19H,3-4,10-12H2,1-2H3/t14-,15-,16-/m1/s1. The third-order valence-electron chi connectivity index (χ3n) is 4.33. The Bertz CT molecular complexity index is 558. The molecule has 1 aromatic carbocycles. The molecule has 0 saturated carbocycles. The fourth-order valence-corrected chi connectivity index (χ4v) is 4.86. The van der Waals surface area contributed by atoms with Crippen molar-refractivity contribution in [2.75, 3.05) is 31.1 Å². The molecule has 0 aliphatic carbocycles. The molecule has 0 radical (unpaired) electrons. The van der Waals surface area contributed by atoms with Crippen molar-refractivity contribution in [1.29, 1.82) is 0 Å². The topological polar surface area (TPSA) is 69.6 Å². The first-order valence-electron chi connectivity index (χ1n) is 7.87. The van der Waals surface area contributed by atoms with Crippen LogP contribution in [0.25, 0.3) is 0 Å². The maximum Gasteiger partial charge on any atom is 0.154 e. The molecule has 1 aliphatic rings. The molecule has 2 N–H and O–H groups in total. The number of benzene rings is 1.